The lowest BCUT2D eigenvalue weighted by Gasteiger charge is -2.32. The largest absolute Gasteiger partial charge is 0.478 e. The fourth-order valence-electron chi connectivity index (χ4n) is 2.75. The van der Waals surface area contributed by atoms with Crippen molar-refractivity contribution in [2.45, 2.75) is 58.1 Å². The normalized spacial score (nSPS) is 18.8. The molecule has 7 heteroatoms. The summed E-state index contributed by atoms with van der Waals surface area (Å²) in [6, 6.07) is 0. The average molecular weight is 344 g/mol. The predicted molar refractivity (Wildman–Crippen MR) is 91.3 cm³/mol. The average Bonchev–Trinajstić information content (AvgIpc) is 2.45. The molecule has 3 N–H and O–H groups in total. The first-order chi connectivity index (χ1) is 10.7. The van der Waals surface area contributed by atoms with Gasteiger partial charge in [-0.05, 0) is 25.8 Å². The van der Waals surface area contributed by atoms with Gasteiger partial charge in [-0.2, -0.15) is 0 Å². The van der Waals surface area contributed by atoms with E-state index in [0.29, 0.717) is 11.3 Å². The first-order valence-electron chi connectivity index (χ1n) is 8.13. The van der Waals surface area contributed by atoms with Crippen LogP contribution in [-0.2, 0) is 14.8 Å². The molecule has 0 saturated heterocycles. The summed E-state index contributed by atoms with van der Waals surface area (Å²) in [5.74, 6) is -1.07. The highest BCUT2D eigenvalue weighted by Gasteiger charge is 2.33. The van der Waals surface area contributed by atoms with Gasteiger partial charge < -0.3 is 10.0 Å². The fourth-order valence-corrected chi connectivity index (χ4v) is 3.74. The number of aliphatic carboxylic acids is 1. The maximum Gasteiger partial charge on any atom is 0.333 e. The molecule has 1 aliphatic carbocycles. The molecular formula is C16H28N2O4S. The molecular weight excluding hydrogens is 316 g/mol. The van der Waals surface area contributed by atoms with Gasteiger partial charge in [-0.1, -0.05) is 32.3 Å². The molecule has 6 nitrogen and oxygen atoms in total. The van der Waals surface area contributed by atoms with Crippen molar-refractivity contribution >= 4 is 16.0 Å². The van der Waals surface area contributed by atoms with Crippen LogP contribution in [0, 0.1) is 0 Å². The summed E-state index contributed by atoms with van der Waals surface area (Å²) < 4.78 is 23.4. The Balaban J connectivity index is 3.23. The van der Waals surface area contributed by atoms with Crippen LogP contribution in [-0.4, -0.2) is 42.7 Å². The van der Waals surface area contributed by atoms with Crippen LogP contribution in [0.15, 0.2) is 22.9 Å². The molecule has 0 aromatic carbocycles. The molecule has 1 unspecified atom stereocenters. The van der Waals surface area contributed by atoms with Gasteiger partial charge in [0.1, 0.15) is 5.25 Å². The number of hydrogen-bond acceptors (Lipinski definition) is 4. The van der Waals surface area contributed by atoms with E-state index in [1.165, 1.54) is 0 Å². The highest BCUT2D eigenvalue weighted by atomic mass is 32.2. The molecule has 1 aliphatic rings. The van der Waals surface area contributed by atoms with Crippen LogP contribution in [0.2, 0.25) is 0 Å². The Morgan fingerprint density at radius 2 is 1.83 bits per heavy atom. The third-order valence-electron chi connectivity index (χ3n) is 4.13. The van der Waals surface area contributed by atoms with E-state index < -0.39 is 21.2 Å². The standard InChI is InChI=1S/C16H28N2O4S/c1-4-6-8-18(9-7-5-2)14-10-12(3)15(23(17,21)22)11-13(14)16(19)20/h10,15H,4-9,11H2,1-3H3,(H,19,20)(H2,17,21,22). The van der Waals surface area contributed by atoms with E-state index >= 15 is 0 Å². The Labute approximate surface area is 139 Å². The van der Waals surface area contributed by atoms with Crippen molar-refractivity contribution in [1.82, 2.24) is 4.90 Å². The van der Waals surface area contributed by atoms with E-state index in [4.69, 9.17) is 5.14 Å². The van der Waals surface area contributed by atoms with Crippen LogP contribution < -0.4 is 5.14 Å². The van der Waals surface area contributed by atoms with Crippen molar-refractivity contribution in [3.8, 4) is 0 Å². The van der Waals surface area contributed by atoms with Gasteiger partial charge in [0.05, 0.1) is 5.57 Å². The summed E-state index contributed by atoms with van der Waals surface area (Å²) >= 11 is 0. The van der Waals surface area contributed by atoms with Crippen LogP contribution in [0.25, 0.3) is 0 Å². The SMILES string of the molecule is CCCCN(CCCC)C1=C(C(=O)O)CC(S(N)(=O)=O)C(C)=C1. The Bertz CT molecular complexity index is 585. The summed E-state index contributed by atoms with van der Waals surface area (Å²) in [6.45, 7) is 7.41. The third kappa shape index (κ3) is 5.35. The zero-order valence-electron chi connectivity index (χ0n) is 14.2. The number of nitrogens with two attached hydrogens (primary N) is 1. The van der Waals surface area contributed by atoms with E-state index in [1.807, 2.05) is 0 Å². The summed E-state index contributed by atoms with van der Waals surface area (Å²) in [6.07, 6.45) is 5.58. The molecule has 0 bridgehead atoms. The van der Waals surface area contributed by atoms with E-state index in [2.05, 4.69) is 18.7 Å². The number of primary sulfonamides is 1. The molecule has 0 heterocycles. The van der Waals surface area contributed by atoms with Crippen molar-refractivity contribution in [3.63, 3.8) is 0 Å². The van der Waals surface area contributed by atoms with Gasteiger partial charge in [-0.25, -0.2) is 18.4 Å². The number of carboxylic acid groups (broad SMARTS) is 1. The van der Waals surface area contributed by atoms with Crippen molar-refractivity contribution in [2.75, 3.05) is 13.1 Å². The summed E-state index contributed by atoms with van der Waals surface area (Å²) in [5, 5.41) is 13.8. The maximum absolute atomic E-state index is 11.7. The smallest absolute Gasteiger partial charge is 0.333 e. The van der Waals surface area contributed by atoms with Gasteiger partial charge in [0.15, 0.2) is 0 Å². The summed E-state index contributed by atoms with van der Waals surface area (Å²) in [5.41, 5.74) is 1.38. The highest BCUT2D eigenvalue weighted by molar-refractivity contribution is 7.90. The van der Waals surface area contributed by atoms with Gasteiger partial charge >= 0.3 is 5.97 Å². The molecule has 0 radical (unpaired) electrons. The number of allylic oxidation sites excluding steroid dienone is 1. The Morgan fingerprint density at radius 3 is 2.22 bits per heavy atom. The third-order valence-corrected chi connectivity index (χ3v) is 5.46. The molecule has 0 spiro atoms. The van der Waals surface area contributed by atoms with Gasteiger partial charge in [-0.3, -0.25) is 0 Å². The summed E-state index contributed by atoms with van der Waals surface area (Å²) in [7, 11) is -3.81. The van der Waals surface area contributed by atoms with E-state index in [9.17, 15) is 18.3 Å². The zero-order chi connectivity index (χ0) is 17.6. The van der Waals surface area contributed by atoms with Crippen LogP contribution in [0.5, 0.6) is 0 Å². The second-order valence-electron chi connectivity index (χ2n) is 6.03. The molecule has 0 amide bonds. The molecule has 0 fully saturated rings. The van der Waals surface area contributed by atoms with Crippen LogP contribution in [0.3, 0.4) is 0 Å². The second kappa shape index (κ2) is 8.49. The van der Waals surface area contributed by atoms with Gasteiger partial charge in [0.2, 0.25) is 10.0 Å². The lowest BCUT2D eigenvalue weighted by Crippen LogP contribution is -2.36. The second-order valence-corrected chi connectivity index (χ2v) is 7.78. The van der Waals surface area contributed by atoms with Crippen LogP contribution in [0.4, 0.5) is 0 Å². The van der Waals surface area contributed by atoms with Gasteiger partial charge in [-0.15, -0.1) is 0 Å². The first kappa shape index (κ1) is 19.7. The quantitative estimate of drug-likeness (QED) is 0.668. The van der Waals surface area contributed by atoms with E-state index in [-0.39, 0.29) is 12.0 Å². The molecule has 1 atom stereocenters. The monoisotopic (exact) mass is 344 g/mol. The highest BCUT2D eigenvalue weighted by Crippen LogP contribution is 2.30. The molecule has 0 aromatic heterocycles. The van der Waals surface area contributed by atoms with Crippen LogP contribution in [0.1, 0.15) is 52.9 Å². The lowest BCUT2D eigenvalue weighted by atomic mass is 9.95. The topological polar surface area (TPSA) is 101 Å². The number of sulfonamides is 1. The number of rotatable bonds is 9. The Kier molecular flexibility index (Phi) is 7.28. The number of unbranched alkanes of at least 4 members (excludes halogenated alkanes) is 2. The minimum Gasteiger partial charge on any atom is -0.478 e. The number of carboxylic acids is 1. The zero-order valence-corrected chi connectivity index (χ0v) is 15.0. The summed E-state index contributed by atoms with van der Waals surface area (Å²) in [4.78, 5) is 13.7. The number of hydrogen-bond donors (Lipinski definition) is 2. The van der Waals surface area contributed by atoms with Gasteiger partial charge in [0, 0.05) is 25.2 Å². The van der Waals surface area contributed by atoms with E-state index in [1.54, 1.807) is 13.0 Å². The fraction of sp³-hybridized carbons (Fsp3) is 0.688. The molecule has 0 aromatic rings. The van der Waals surface area contributed by atoms with E-state index in [0.717, 1.165) is 38.8 Å². The molecule has 23 heavy (non-hydrogen) atoms. The van der Waals surface area contributed by atoms with Gasteiger partial charge in [0.25, 0.3) is 0 Å². The number of nitrogens with zero attached hydrogens (tertiary/aromatic N) is 1. The molecule has 0 aliphatic heterocycles. The molecule has 132 valence electrons. The van der Waals surface area contributed by atoms with Crippen molar-refractivity contribution in [3.05, 3.63) is 22.9 Å². The van der Waals surface area contributed by atoms with Crippen molar-refractivity contribution < 1.29 is 18.3 Å². The minimum atomic E-state index is -3.81. The van der Waals surface area contributed by atoms with Crippen molar-refractivity contribution in [2.24, 2.45) is 5.14 Å². The minimum absolute atomic E-state index is 0.0689. The van der Waals surface area contributed by atoms with Crippen LogP contribution >= 0.6 is 0 Å². The maximum atomic E-state index is 11.7. The number of carbonyl (C=O) groups is 1. The Hall–Kier alpha value is -1.34. The molecule has 0 saturated carbocycles. The predicted octanol–water partition coefficient (Wildman–Crippen LogP) is 2.23. The molecule has 1 rings (SSSR count). The Morgan fingerprint density at radius 1 is 1.30 bits per heavy atom. The first-order valence-corrected chi connectivity index (χ1v) is 9.74. The lowest BCUT2D eigenvalue weighted by molar-refractivity contribution is -0.133. The van der Waals surface area contributed by atoms with Crippen molar-refractivity contribution in [1.29, 1.82) is 0 Å².